The first-order valence-corrected chi connectivity index (χ1v) is 13.3. The van der Waals surface area contributed by atoms with Gasteiger partial charge in [-0.25, -0.2) is 4.39 Å². The number of piperidine rings is 1. The number of amidine groups is 1. The quantitative estimate of drug-likeness (QED) is 0.149. The Bertz CT molecular complexity index is 1240. The van der Waals surface area contributed by atoms with E-state index < -0.39 is 17.6 Å². The van der Waals surface area contributed by atoms with E-state index in [-0.39, 0.29) is 22.7 Å². The summed E-state index contributed by atoms with van der Waals surface area (Å²) in [7, 11) is 1.46. The second kappa shape index (κ2) is 16.5. The monoisotopic (exact) mass is 573 g/mol. The molecule has 208 valence electrons. The maximum atomic E-state index is 14.9. The molecule has 0 saturated carbocycles. The van der Waals surface area contributed by atoms with Crippen LogP contribution in [0.3, 0.4) is 0 Å². The molecule has 10 heteroatoms. The van der Waals surface area contributed by atoms with E-state index in [1.54, 1.807) is 25.3 Å². The smallest absolute Gasteiger partial charge is 0.254 e. The number of nitrogens with one attached hydrogen (secondary N) is 3. The molecule has 2 aliphatic heterocycles. The Morgan fingerprint density at radius 2 is 1.90 bits per heavy atom. The van der Waals surface area contributed by atoms with Gasteiger partial charge in [0.1, 0.15) is 11.7 Å². The van der Waals surface area contributed by atoms with Gasteiger partial charge in [-0.3, -0.25) is 20.0 Å². The lowest BCUT2D eigenvalue weighted by Gasteiger charge is -2.29. The van der Waals surface area contributed by atoms with Gasteiger partial charge < -0.3 is 15.5 Å². The second-order valence-corrected chi connectivity index (χ2v) is 9.55. The number of anilines is 1. The molecule has 3 N–H and O–H groups in total. The highest BCUT2D eigenvalue weighted by molar-refractivity contribution is 6.31. The number of hydrogen-bond donors (Lipinski definition) is 3. The van der Waals surface area contributed by atoms with E-state index in [2.05, 4.69) is 15.6 Å². The van der Waals surface area contributed by atoms with Crippen LogP contribution in [-0.2, 0) is 4.79 Å². The van der Waals surface area contributed by atoms with E-state index in [0.29, 0.717) is 15.6 Å². The number of benzene rings is 1. The Morgan fingerprint density at radius 3 is 2.56 bits per heavy atom. The highest BCUT2D eigenvalue weighted by Gasteiger charge is 2.19. The normalized spacial score (nSPS) is 16.0. The summed E-state index contributed by atoms with van der Waals surface area (Å²) in [6, 6.07) is 4.45. The fraction of sp³-hybridized carbons (Fsp3) is 0.310. The van der Waals surface area contributed by atoms with Gasteiger partial charge >= 0.3 is 0 Å². The number of carbonyl (C=O) groups excluding carboxylic acids is 2. The van der Waals surface area contributed by atoms with Crippen molar-refractivity contribution in [2.75, 3.05) is 25.5 Å². The molecule has 1 aromatic carbocycles. The van der Waals surface area contributed by atoms with Gasteiger partial charge in [-0.15, -0.1) is 0 Å². The fourth-order valence-electron chi connectivity index (χ4n) is 3.66. The van der Waals surface area contributed by atoms with Crippen molar-refractivity contribution >= 4 is 52.8 Å². The SMILES string of the molecule is C\C=C/C(=C\C(F)=C(/C)C(=O)Nc1ccc(Cl)cc1C(=O)NC)C(=N)N1CCCCC1.ClC1=CN=CCC=C1. The van der Waals surface area contributed by atoms with Crippen molar-refractivity contribution in [3.8, 4) is 0 Å². The van der Waals surface area contributed by atoms with Gasteiger partial charge in [0.15, 0.2) is 0 Å². The Hall–Kier alpha value is -3.49. The average molecular weight is 575 g/mol. The third-order valence-corrected chi connectivity index (χ3v) is 6.26. The topological polar surface area (TPSA) is 97.7 Å². The molecule has 2 aliphatic rings. The minimum absolute atomic E-state index is 0.161. The largest absolute Gasteiger partial charge is 0.357 e. The maximum Gasteiger partial charge on any atom is 0.254 e. The van der Waals surface area contributed by atoms with Crippen molar-refractivity contribution in [2.45, 2.75) is 39.5 Å². The molecule has 0 unspecified atom stereocenters. The highest BCUT2D eigenvalue weighted by Crippen LogP contribution is 2.23. The molecule has 2 heterocycles. The summed E-state index contributed by atoms with van der Waals surface area (Å²) < 4.78 is 14.9. The first-order chi connectivity index (χ1) is 18.7. The van der Waals surface area contributed by atoms with Crippen LogP contribution >= 0.6 is 23.2 Å². The van der Waals surface area contributed by atoms with Crippen LogP contribution in [0.2, 0.25) is 5.02 Å². The van der Waals surface area contributed by atoms with Crippen molar-refractivity contribution in [1.29, 1.82) is 5.41 Å². The zero-order valence-electron chi connectivity index (χ0n) is 22.4. The van der Waals surface area contributed by atoms with Gasteiger partial charge in [0.05, 0.1) is 16.3 Å². The van der Waals surface area contributed by atoms with Gasteiger partial charge in [0, 0.05) is 55.1 Å². The van der Waals surface area contributed by atoms with Gasteiger partial charge in [0.25, 0.3) is 11.8 Å². The summed E-state index contributed by atoms with van der Waals surface area (Å²) >= 11 is 11.5. The number of carbonyl (C=O) groups is 2. The van der Waals surface area contributed by atoms with Crippen molar-refractivity contribution in [3.05, 3.63) is 87.4 Å². The van der Waals surface area contributed by atoms with Crippen LogP contribution in [0.5, 0.6) is 0 Å². The van der Waals surface area contributed by atoms with Crippen LogP contribution < -0.4 is 10.6 Å². The van der Waals surface area contributed by atoms with Crippen LogP contribution in [0.15, 0.2) is 81.8 Å². The van der Waals surface area contributed by atoms with E-state index >= 15 is 0 Å². The summed E-state index contributed by atoms with van der Waals surface area (Å²) in [5.74, 6) is -1.63. The average Bonchev–Trinajstić information content (AvgIpc) is 3.20. The number of halogens is 3. The van der Waals surface area contributed by atoms with Gasteiger partial charge in [-0.1, -0.05) is 41.4 Å². The highest BCUT2D eigenvalue weighted by atomic mass is 35.5. The minimum atomic E-state index is -0.747. The summed E-state index contributed by atoms with van der Waals surface area (Å²) in [4.78, 5) is 30.5. The predicted octanol–water partition coefficient (Wildman–Crippen LogP) is 6.94. The molecule has 1 saturated heterocycles. The molecule has 2 amide bonds. The summed E-state index contributed by atoms with van der Waals surface area (Å²) in [6.45, 7) is 4.67. The van der Waals surface area contributed by atoms with Gasteiger partial charge in [0.2, 0.25) is 0 Å². The molecule has 3 rings (SSSR count). The van der Waals surface area contributed by atoms with E-state index in [0.717, 1.165) is 38.8 Å². The summed E-state index contributed by atoms with van der Waals surface area (Å²) in [6.07, 6.45) is 15.9. The lowest BCUT2D eigenvalue weighted by Crippen LogP contribution is -2.35. The van der Waals surface area contributed by atoms with Crippen LogP contribution in [-0.4, -0.2) is 48.9 Å². The van der Waals surface area contributed by atoms with Crippen molar-refractivity contribution in [2.24, 2.45) is 4.99 Å². The van der Waals surface area contributed by atoms with E-state index in [4.69, 9.17) is 28.6 Å². The molecule has 0 radical (unpaired) electrons. The Morgan fingerprint density at radius 1 is 1.18 bits per heavy atom. The number of amides is 2. The van der Waals surface area contributed by atoms with E-state index in [9.17, 15) is 14.0 Å². The number of likely N-dealkylation sites (tertiary alicyclic amines) is 1. The van der Waals surface area contributed by atoms with Crippen LogP contribution in [0, 0.1) is 5.41 Å². The molecule has 1 aromatic rings. The molecule has 39 heavy (non-hydrogen) atoms. The van der Waals surface area contributed by atoms with Crippen LogP contribution in [0.4, 0.5) is 10.1 Å². The second-order valence-electron chi connectivity index (χ2n) is 8.68. The number of rotatable bonds is 6. The first kappa shape index (κ1) is 31.7. The molecule has 0 spiro atoms. The zero-order chi connectivity index (χ0) is 28.8. The van der Waals surface area contributed by atoms with Crippen molar-refractivity contribution in [3.63, 3.8) is 0 Å². The standard InChI is InChI=1S/C23H28ClFN4O2.C6H6ClN/c1-4-8-16(21(26)29-11-6-5-7-12-29)13-19(25)15(2)22(30)28-20-10-9-17(24)14-18(20)23(31)27-3;7-6-3-1-2-4-8-5-6/h4,8-10,13-14,26H,5-7,11-12H2,1-3H3,(H,27,31)(H,28,30);1,3-5H,2H2/b8-4-,16-13+,19-15-,26-21?;. The fourth-order valence-corrected chi connectivity index (χ4v) is 3.98. The molecule has 7 nitrogen and oxygen atoms in total. The molecule has 0 atom stereocenters. The molecular weight excluding hydrogens is 540 g/mol. The molecule has 0 aromatic heterocycles. The zero-order valence-corrected chi connectivity index (χ0v) is 23.9. The Balaban J connectivity index is 0.000000568. The van der Waals surface area contributed by atoms with E-state index in [1.165, 1.54) is 38.2 Å². The van der Waals surface area contributed by atoms with Crippen molar-refractivity contribution < 1.29 is 14.0 Å². The van der Waals surface area contributed by atoms with Crippen LogP contribution in [0.25, 0.3) is 0 Å². The van der Waals surface area contributed by atoms with Crippen molar-refractivity contribution in [1.82, 2.24) is 10.2 Å². The summed E-state index contributed by atoms with van der Waals surface area (Å²) in [5, 5.41) is 14.5. The summed E-state index contributed by atoms with van der Waals surface area (Å²) in [5.41, 5.74) is 0.631. The van der Waals surface area contributed by atoms with Gasteiger partial charge in [-0.2, -0.15) is 0 Å². The van der Waals surface area contributed by atoms with Crippen LogP contribution in [0.1, 0.15) is 49.9 Å². The maximum absolute atomic E-state index is 14.9. The number of aliphatic imine (C=N–C) groups is 1. The van der Waals surface area contributed by atoms with E-state index in [1.807, 2.05) is 23.3 Å². The van der Waals surface area contributed by atoms with Gasteiger partial charge in [-0.05, 0) is 63.5 Å². The minimum Gasteiger partial charge on any atom is -0.357 e. The predicted molar refractivity (Wildman–Crippen MR) is 160 cm³/mol. The molecule has 0 bridgehead atoms. The first-order valence-electron chi connectivity index (χ1n) is 12.6. The third-order valence-electron chi connectivity index (χ3n) is 5.80. The Kier molecular flexibility index (Phi) is 13.4. The number of nitrogens with zero attached hydrogens (tertiary/aromatic N) is 2. The number of hydrogen-bond acceptors (Lipinski definition) is 4. The Labute approximate surface area is 239 Å². The number of allylic oxidation sites excluding steroid dienone is 6. The molecule has 1 fully saturated rings. The third kappa shape index (κ3) is 10.3. The lowest BCUT2D eigenvalue weighted by atomic mass is 10.1. The molecular formula is C29H34Cl2FN5O2. The molecule has 0 aliphatic carbocycles. The lowest BCUT2D eigenvalue weighted by molar-refractivity contribution is -0.112.